The molecule has 1 aliphatic heterocycles. The van der Waals surface area contributed by atoms with E-state index in [1.165, 1.54) is 0 Å². The molecule has 0 bridgehead atoms. The van der Waals surface area contributed by atoms with Crippen LogP contribution in [0.5, 0.6) is 0 Å². The van der Waals surface area contributed by atoms with Gasteiger partial charge in [-0.05, 0) is 38.4 Å². The summed E-state index contributed by atoms with van der Waals surface area (Å²) in [5.74, 6) is 0.499. The van der Waals surface area contributed by atoms with E-state index >= 15 is 0 Å². The molecule has 2 heterocycles. The minimum absolute atomic E-state index is 0.127. The normalized spacial score (nSPS) is 16.5. The molecule has 0 aliphatic carbocycles. The molecular formula is C16H26N4O2. The minimum Gasteiger partial charge on any atom is -0.378 e. The van der Waals surface area contributed by atoms with E-state index in [-0.39, 0.29) is 5.91 Å². The van der Waals surface area contributed by atoms with Crippen LogP contribution in [0.15, 0.2) is 18.3 Å². The van der Waals surface area contributed by atoms with E-state index in [9.17, 15) is 4.79 Å². The van der Waals surface area contributed by atoms with Crippen molar-refractivity contribution in [2.24, 2.45) is 0 Å². The van der Waals surface area contributed by atoms with Gasteiger partial charge in [0.2, 0.25) is 0 Å². The first kappa shape index (κ1) is 16.7. The Morgan fingerprint density at radius 3 is 2.95 bits per heavy atom. The van der Waals surface area contributed by atoms with E-state index < -0.39 is 0 Å². The number of pyridine rings is 1. The Morgan fingerprint density at radius 2 is 2.23 bits per heavy atom. The van der Waals surface area contributed by atoms with Crippen molar-refractivity contribution in [1.29, 1.82) is 0 Å². The van der Waals surface area contributed by atoms with Gasteiger partial charge < -0.3 is 20.3 Å². The Morgan fingerprint density at radius 1 is 1.45 bits per heavy atom. The van der Waals surface area contributed by atoms with Crippen LogP contribution >= 0.6 is 0 Å². The summed E-state index contributed by atoms with van der Waals surface area (Å²) in [6.45, 7) is 3.72. The van der Waals surface area contributed by atoms with Crippen LogP contribution in [0, 0.1) is 0 Å². The molecule has 122 valence electrons. The molecule has 0 radical (unpaired) electrons. The van der Waals surface area contributed by atoms with Crippen LogP contribution in [-0.2, 0) is 4.74 Å². The molecular weight excluding hydrogens is 280 g/mol. The van der Waals surface area contributed by atoms with Gasteiger partial charge in [-0.15, -0.1) is 0 Å². The third-order valence-corrected chi connectivity index (χ3v) is 3.91. The summed E-state index contributed by atoms with van der Waals surface area (Å²) in [4.78, 5) is 18.3. The van der Waals surface area contributed by atoms with Gasteiger partial charge in [-0.1, -0.05) is 0 Å². The molecule has 22 heavy (non-hydrogen) atoms. The van der Waals surface area contributed by atoms with Crippen LogP contribution in [0.2, 0.25) is 0 Å². The molecule has 1 amide bonds. The van der Waals surface area contributed by atoms with Crippen LogP contribution in [0.25, 0.3) is 0 Å². The number of anilines is 1. The van der Waals surface area contributed by atoms with Crippen LogP contribution < -0.4 is 10.6 Å². The van der Waals surface area contributed by atoms with Crippen molar-refractivity contribution >= 4 is 11.7 Å². The fourth-order valence-electron chi connectivity index (χ4n) is 2.54. The van der Waals surface area contributed by atoms with Gasteiger partial charge in [0.25, 0.3) is 5.91 Å². The molecule has 0 saturated carbocycles. The third-order valence-electron chi connectivity index (χ3n) is 3.91. The molecule has 0 spiro atoms. The van der Waals surface area contributed by atoms with Crippen LogP contribution in [0.1, 0.15) is 29.6 Å². The monoisotopic (exact) mass is 306 g/mol. The highest BCUT2D eigenvalue weighted by Gasteiger charge is 2.16. The van der Waals surface area contributed by atoms with Crippen LogP contribution in [0.4, 0.5) is 5.82 Å². The molecule has 6 nitrogen and oxygen atoms in total. The number of nitrogens with zero attached hydrogens (tertiary/aromatic N) is 2. The molecule has 1 aliphatic rings. The fourth-order valence-corrected chi connectivity index (χ4v) is 2.54. The summed E-state index contributed by atoms with van der Waals surface area (Å²) in [6.07, 6.45) is 5.21. The number of hydrogen-bond acceptors (Lipinski definition) is 5. The first-order valence-corrected chi connectivity index (χ1v) is 7.92. The quantitative estimate of drug-likeness (QED) is 0.745. The van der Waals surface area contributed by atoms with Crippen molar-refractivity contribution in [3.05, 3.63) is 23.9 Å². The smallest absolute Gasteiger partial charge is 0.254 e. The highest BCUT2D eigenvalue weighted by Crippen LogP contribution is 2.13. The third kappa shape index (κ3) is 4.96. The van der Waals surface area contributed by atoms with Crippen molar-refractivity contribution in [3.63, 3.8) is 0 Å². The van der Waals surface area contributed by atoms with E-state index in [4.69, 9.17) is 4.74 Å². The Labute approximate surface area is 132 Å². The van der Waals surface area contributed by atoms with E-state index in [1.807, 2.05) is 0 Å². The molecule has 1 aromatic rings. The Hall–Kier alpha value is -1.66. The minimum atomic E-state index is -0.127. The number of likely N-dealkylation sites (tertiary alicyclic amines) is 1. The van der Waals surface area contributed by atoms with Crippen LogP contribution in [0.3, 0.4) is 0 Å². The first-order chi connectivity index (χ1) is 10.7. The highest BCUT2D eigenvalue weighted by atomic mass is 16.5. The molecule has 1 aromatic heterocycles. The number of hydrogen-bond donors (Lipinski definition) is 2. The summed E-state index contributed by atoms with van der Waals surface area (Å²) in [6, 6.07) is 3.53. The van der Waals surface area contributed by atoms with Crippen molar-refractivity contribution in [3.8, 4) is 0 Å². The summed E-state index contributed by atoms with van der Waals surface area (Å²) >= 11 is 0. The Bertz CT molecular complexity index is 473. The van der Waals surface area contributed by atoms with E-state index in [0.29, 0.717) is 17.5 Å². The number of aromatic nitrogens is 1. The lowest BCUT2D eigenvalue weighted by molar-refractivity contribution is 0.0125. The lowest BCUT2D eigenvalue weighted by Gasteiger charge is -2.28. The number of carbonyl (C=O) groups excluding carboxylic acids is 1. The van der Waals surface area contributed by atoms with E-state index in [2.05, 4.69) is 27.6 Å². The Balaban J connectivity index is 1.68. The number of nitrogens with one attached hydrogen (secondary N) is 2. The number of amides is 1. The van der Waals surface area contributed by atoms with Crippen molar-refractivity contribution in [1.82, 2.24) is 15.2 Å². The SMILES string of the molecule is CNC(=O)c1cccnc1NCCCOC1CCN(C)CC1. The lowest BCUT2D eigenvalue weighted by atomic mass is 10.1. The summed E-state index contributed by atoms with van der Waals surface area (Å²) < 4.78 is 5.90. The van der Waals surface area contributed by atoms with Crippen molar-refractivity contribution in [2.45, 2.75) is 25.4 Å². The molecule has 2 rings (SSSR count). The zero-order chi connectivity index (χ0) is 15.8. The second kappa shape index (κ2) is 8.70. The lowest BCUT2D eigenvalue weighted by Crippen LogP contribution is -2.34. The first-order valence-electron chi connectivity index (χ1n) is 7.92. The van der Waals surface area contributed by atoms with E-state index in [1.54, 1.807) is 25.4 Å². The average molecular weight is 306 g/mol. The van der Waals surface area contributed by atoms with E-state index in [0.717, 1.165) is 45.5 Å². The zero-order valence-corrected chi connectivity index (χ0v) is 13.5. The Kier molecular flexibility index (Phi) is 6.61. The molecule has 2 N–H and O–H groups in total. The molecule has 6 heteroatoms. The van der Waals surface area contributed by atoms with Crippen molar-refractivity contribution in [2.75, 3.05) is 45.7 Å². The van der Waals surface area contributed by atoms with Gasteiger partial charge >= 0.3 is 0 Å². The number of carbonyl (C=O) groups is 1. The molecule has 0 aromatic carbocycles. The number of ether oxygens (including phenoxy) is 1. The molecule has 1 fully saturated rings. The highest BCUT2D eigenvalue weighted by molar-refractivity contribution is 5.98. The average Bonchev–Trinajstić information content (AvgIpc) is 2.56. The summed E-state index contributed by atoms with van der Waals surface area (Å²) in [5.41, 5.74) is 0.571. The van der Waals surface area contributed by atoms with Gasteiger partial charge in [0.05, 0.1) is 11.7 Å². The predicted octanol–water partition coefficient (Wildman–Crippen LogP) is 1.35. The van der Waals surface area contributed by atoms with Gasteiger partial charge in [-0.25, -0.2) is 4.98 Å². The van der Waals surface area contributed by atoms with Gasteiger partial charge in [0.15, 0.2) is 0 Å². The standard InChI is InChI=1S/C16H26N4O2/c1-17-16(21)14-5-3-8-18-15(14)19-9-4-12-22-13-6-10-20(2)11-7-13/h3,5,8,13H,4,6-7,9-12H2,1-2H3,(H,17,21)(H,18,19). The van der Waals surface area contributed by atoms with Gasteiger partial charge in [0.1, 0.15) is 5.82 Å². The fraction of sp³-hybridized carbons (Fsp3) is 0.625. The maximum absolute atomic E-state index is 11.7. The molecule has 0 atom stereocenters. The second-order valence-corrected chi connectivity index (χ2v) is 5.63. The topological polar surface area (TPSA) is 66.5 Å². The van der Waals surface area contributed by atoms with Crippen LogP contribution in [-0.4, -0.2) is 62.2 Å². The predicted molar refractivity (Wildman–Crippen MR) is 87.2 cm³/mol. The van der Waals surface area contributed by atoms with Crippen molar-refractivity contribution < 1.29 is 9.53 Å². The van der Waals surface area contributed by atoms with Gasteiger partial charge in [0, 0.05) is 39.5 Å². The molecule has 1 saturated heterocycles. The zero-order valence-electron chi connectivity index (χ0n) is 13.5. The number of rotatable bonds is 7. The molecule has 0 unspecified atom stereocenters. The van der Waals surface area contributed by atoms with Gasteiger partial charge in [-0.3, -0.25) is 4.79 Å². The summed E-state index contributed by atoms with van der Waals surface area (Å²) in [5, 5.41) is 5.84. The second-order valence-electron chi connectivity index (χ2n) is 5.63. The number of piperidine rings is 1. The maximum atomic E-state index is 11.7. The summed E-state index contributed by atoms with van der Waals surface area (Å²) in [7, 11) is 3.77. The van der Waals surface area contributed by atoms with Gasteiger partial charge in [-0.2, -0.15) is 0 Å². The maximum Gasteiger partial charge on any atom is 0.254 e. The largest absolute Gasteiger partial charge is 0.378 e.